The average Bonchev–Trinajstić information content (AvgIpc) is 3.16. The Morgan fingerprint density at radius 1 is 1.06 bits per heavy atom. The van der Waals surface area contributed by atoms with E-state index in [2.05, 4.69) is 15.1 Å². The normalized spacial score (nSPS) is 14.7. The van der Waals surface area contributed by atoms with Crippen molar-refractivity contribution in [3.05, 3.63) is 63.9 Å². The predicted molar refractivity (Wildman–Crippen MR) is 125 cm³/mol. The van der Waals surface area contributed by atoms with Crippen LogP contribution in [0.5, 0.6) is 0 Å². The van der Waals surface area contributed by atoms with Crippen molar-refractivity contribution in [3.63, 3.8) is 0 Å². The van der Waals surface area contributed by atoms with Gasteiger partial charge < -0.3 is 9.47 Å². The van der Waals surface area contributed by atoms with Gasteiger partial charge in [-0.3, -0.25) is 9.69 Å². The quantitative estimate of drug-likeness (QED) is 0.477. The average molecular weight is 494 g/mol. The molecule has 0 unspecified atom stereocenters. The van der Waals surface area contributed by atoms with Crippen molar-refractivity contribution in [1.29, 1.82) is 0 Å². The molecule has 1 aromatic heterocycles. The Kier molecular flexibility index (Phi) is 7.35. The number of carbonyl (C=O) groups excluding carboxylic acids is 1. The summed E-state index contributed by atoms with van der Waals surface area (Å²) in [4.78, 5) is 16.7. The largest absolute Gasteiger partial charge is 0.339 e. The SMILES string of the molecule is Cn1c(SCC(=O)N2CCN(Cc3c(F)cccc3Cl)CC2)nnc1-c1ccc(Cl)cc1. The smallest absolute Gasteiger partial charge is 0.233 e. The highest BCUT2D eigenvalue weighted by atomic mass is 35.5. The molecule has 0 spiro atoms. The molecular formula is C22H22Cl2FN5OS. The number of hydrogen-bond donors (Lipinski definition) is 0. The maximum atomic E-state index is 14.0. The Hall–Kier alpha value is -2.13. The molecule has 32 heavy (non-hydrogen) atoms. The summed E-state index contributed by atoms with van der Waals surface area (Å²) in [7, 11) is 1.88. The Balaban J connectivity index is 1.29. The lowest BCUT2D eigenvalue weighted by Crippen LogP contribution is -2.48. The Morgan fingerprint density at radius 2 is 1.78 bits per heavy atom. The maximum Gasteiger partial charge on any atom is 0.233 e. The number of carbonyl (C=O) groups is 1. The molecule has 0 N–H and O–H groups in total. The van der Waals surface area contributed by atoms with Gasteiger partial charge in [0, 0.05) is 60.9 Å². The zero-order chi connectivity index (χ0) is 22.7. The molecule has 1 aliphatic heterocycles. The molecule has 10 heteroatoms. The number of amides is 1. The Morgan fingerprint density at radius 3 is 2.47 bits per heavy atom. The topological polar surface area (TPSA) is 54.3 Å². The first-order chi connectivity index (χ1) is 15.4. The molecule has 1 saturated heterocycles. The summed E-state index contributed by atoms with van der Waals surface area (Å²) in [5, 5.41) is 10.2. The molecule has 6 nitrogen and oxygen atoms in total. The van der Waals surface area contributed by atoms with Crippen LogP contribution in [0.2, 0.25) is 10.0 Å². The van der Waals surface area contributed by atoms with Gasteiger partial charge in [-0.15, -0.1) is 10.2 Å². The molecule has 4 rings (SSSR count). The third-order valence-corrected chi connectivity index (χ3v) is 7.04. The summed E-state index contributed by atoms with van der Waals surface area (Å²) in [6, 6.07) is 12.1. The van der Waals surface area contributed by atoms with Crippen LogP contribution in [0.25, 0.3) is 11.4 Å². The van der Waals surface area contributed by atoms with Crippen molar-refractivity contribution >= 4 is 40.9 Å². The maximum absolute atomic E-state index is 14.0. The summed E-state index contributed by atoms with van der Waals surface area (Å²) >= 11 is 13.5. The second kappa shape index (κ2) is 10.2. The van der Waals surface area contributed by atoms with Crippen LogP contribution < -0.4 is 0 Å². The second-order valence-corrected chi connectivity index (χ2v) is 9.30. The van der Waals surface area contributed by atoms with E-state index in [1.165, 1.54) is 17.8 Å². The first-order valence-electron chi connectivity index (χ1n) is 10.1. The summed E-state index contributed by atoms with van der Waals surface area (Å²) in [5.41, 5.74) is 1.41. The van der Waals surface area contributed by atoms with Gasteiger partial charge in [-0.05, 0) is 36.4 Å². The van der Waals surface area contributed by atoms with Crippen molar-refractivity contribution < 1.29 is 9.18 Å². The van der Waals surface area contributed by atoms with E-state index in [0.717, 1.165) is 11.4 Å². The van der Waals surface area contributed by atoms with Crippen LogP contribution >= 0.6 is 35.0 Å². The minimum Gasteiger partial charge on any atom is -0.339 e. The fourth-order valence-electron chi connectivity index (χ4n) is 3.57. The number of thioether (sulfide) groups is 1. The highest BCUT2D eigenvalue weighted by molar-refractivity contribution is 7.99. The lowest BCUT2D eigenvalue weighted by atomic mass is 10.2. The molecule has 0 aliphatic carbocycles. The van der Waals surface area contributed by atoms with Crippen molar-refractivity contribution in [2.75, 3.05) is 31.9 Å². The van der Waals surface area contributed by atoms with Gasteiger partial charge in [0.1, 0.15) is 5.82 Å². The third kappa shape index (κ3) is 5.26. The molecule has 1 fully saturated rings. The number of nitrogens with zero attached hydrogens (tertiary/aromatic N) is 5. The van der Waals surface area contributed by atoms with Crippen LogP contribution in [0.1, 0.15) is 5.56 Å². The number of benzene rings is 2. The van der Waals surface area contributed by atoms with Gasteiger partial charge in [0.2, 0.25) is 5.91 Å². The lowest BCUT2D eigenvalue weighted by Gasteiger charge is -2.34. The van der Waals surface area contributed by atoms with E-state index >= 15 is 0 Å². The number of piperazine rings is 1. The van der Waals surface area contributed by atoms with Crippen LogP contribution in [-0.2, 0) is 18.4 Å². The highest BCUT2D eigenvalue weighted by Gasteiger charge is 2.23. The first-order valence-corrected chi connectivity index (χ1v) is 11.9. The third-order valence-electron chi connectivity index (χ3n) is 5.43. The highest BCUT2D eigenvalue weighted by Crippen LogP contribution is 2.25. The predicted octanol–water partition coefficient (Wildman–Crippen LogP) is 4.36. The minimum absolute atomic E-state index is 0.0506. The van der Waals surface area contributed by atoms with Gasteiger partial charge in [-0.2, -0.15) is 0 Å². The van der Waals surface area contributed by atoms with Gasteiger partial charge in [0.25, 0.3) is 0 Å². The standard InChI is InChI=1S/C22H22Cl2FN5OS/c1-28-21(15-5-7-16(23)8-6-15)26-27-22(28)32-14-20(31)30-11-9-29(10-12-30)13-17-18(24)3-2-4-19(17)25/h2-8H,9-14H2,1H3. The number of halogens is 3. The molecule has 2 aromatic carbocycles. The second-order valence-electron chi connectivity index (χ2n) is 7.52. The van der Waals surface area contributed by atoms with Crippen LogP contribution in [0.3, 0.4) is 0 Å². The van der Waals surface area contributed by atoms with Gasteiger partial charge in [0.05, 0.1) is 5.75 Å². The number of rotatable bonds is 6. The molecule has 3 aromatic rings. The minimum atomic E-state index is -0.297. The van der Waals surface area contributed by atoms with Crippen LogP contribution in [-0.4, -0.2) is 62.4 Å². The van der Waals surface area contributed by atoms with Gasteiger partial charge in [0.15, 0.2) is 11.0 Å². The van der Waals surface area contributed by atoms with E-state index < -0.39 is 0 Å². The zero-order valence-corrected chi connectivity index (χ0v) is 19.8. The fraction of sp³-hybridized carbons (Fsp3) is 0.318. The molecule has 2 heterocycles. The summed E-state index contributed by atoms with van der Waals surface area (Å²) in [5.74, 6) is 0.756. The van der Waals surface area contributed by atoms with Gasteiger partial charge in [-0.25, -0.2) is 4.39 Å². The van der Waals surface area contributed by atoms with Gasteiger partial charge in [-0.1, -0.05) is 41.0 Å². The van der Waals surface area contributed by atoms with E-state index in [-0.39, 0.29) is 17.5 Å². The molecule has 0 atom stereocenters. The van der Waals surface area contributed by atoms with E-state index in [4.69, 9.17) is 23.2 Å². The number of aromatic nitrogens is 3. The fourth-order valence-corrected chi connectivity index (χ4v) is 4.73. The van der Waals surface area contributed by atoms with E-state index in [1.807, 2.05) is 40.8 Å². The van der Waals surface area contributed by atoms with E-state index in [1.54, 1.807) is 12.1 Å². The van der Waals surface area contributed by atoms with Crippen molar-refractivity contribution in [1.82, 2.24) is 24.6 Å². The zero-order valence-electron chi connectivity index (χ0n) is 17.5. The van der Waals surface area contributed by atoms with Crippen molar-refractivity contribution in [2.24, 2.45) is 7.05 Å². The summed E-state index contributed by atoms with van der Waals surface area (Å²) in [6.07, 6.45) is 0. The molecule has 0 saturated carbocycles. The molecule has 0 bridgehead atoms. The number of hydrogen-bond acceptors (Lipinski definition) is 5. The Labute approximate surface area is 200 Å². The van der Waals surface area contributed by atoms with E-state index in [9.17, 15) is 9.18 Å². The summed E-state index contributed by atoms with van der Waals surface area (Å²) in [6.45, 7) is 2.98. The lowest BCUT2D eigenvalue weighted by molar-refractivity contribution is -0.130. The van der Waals surface area contributed by atoms with Crippen LogP contribution in [0.15, 0.2) is 47.6 Å². The Bertz CT molecular complexity index is 1080. The molecular weight excluding hydrogens is 472 g/mol. The van der Waals surface area contributed by atoms with E-state index in [0.29, 0.717) is 53.5 Å². The van der Waals surface area contributed by atoms with Crippen LogP contribution in [0.4, 0.5) is 4.39 Å². The van der Waals surface area contributed by atoms with Crippen molar-refractivity contribution in [2.45, 2.75) is 11.7 Å². The molecule has 1 amide bonds. The van der Waals surface area contributed by atoms with Crippen molar-refractivity contribution in [3.8, 4) is 11.4 Å². The van der Waals surface area contributed by atoms with Gasteiger partial charge >= 0.3 is 0 Å². The van der Waals surface area contributed by atoms with Crippen LogP contribution in [0, 0.1) is 5.82 Å². The monoisotopic (exact) mass is 493 g/mol. The molecule has 0 radical (unpaired) electrons. The first kappa shape index (κ1) is 23.0. The molecule has 1 aliphatic rings. The summed E-state index contributed by atoms with van der Waals surface area (Å²) < 4.78 is 15.9. The molecule has 168 valence electrons.